The molecule has 2 nitrogen and oxygen atoms in total. The average Bonchev–Trinajstić information content (AvgIpc) is 2.65. The molecule has 0 amide bonds. The van der Waals surface area contributed by atoms with Gasteiger partial charge in [-0.05, 0) is 41.7 Å². The van der Waals surface area contributed by atoms with Gasteiger partial charge in [0.2, 0.25) is 0 Å². The zero-order valence-electron chi connectivity index (χ0n) is 14.3. The zero-order valence-corrected chi connectivity index (χ0v) is 14.3. The van der Waals surface area contributed by atoms with Crippen molar-refractivity contribution < 1.29 is 0 Å². The summed E-state index contributed by atoms with van der Waals surface area (Å²) in [7, 11) is 0. The Balaban J connectivity index is 1.53. The number of nitrogens with one attached hydrogen (secondary N) is 1. The van der Waals surface area contributed by atoms with Crippen LogP contribution in [0.1, 0.15) is 30.5 Å². The van der Waals surface area contributed by atoms with Crippen molar-refractivity contribution in [2.24, 2.45) is 5.73 Å². The molecular formula is C22H26N2. The van der Waals surface area contributed by atoms with Crippen molar-refractivity contribution in [2.75, 3.05) is 6.54 Å². The Bertz CT molecular complexity index is 762. The van der Waals surface area contributed by atoms with E-state index in [1.807, 2.05) is 6.07 Å². The van der Waals surface area contributed by atoms with Crippen LogP contribution in [0.25, 0.3) is 10.8 Å². The second kappa shape index (κ2) is 8.09. The van der Waals surface area contributed by atoms with Gasteiger partial charge in [0.1, 0.15) is 0 Å². The largest absolute Gasteiger partial charge is 0.327 e. The summed E-state index contributed by atoms with van der Waals surface area (Å²) in [6.07, 6.45) is 2.01. The van der Waals surface area contributed by atoms with Crippen molar-refractivity contribution in [1.29, 1.82) is 0 Å². The fraction of sp³-hybridized carbons (Fsp3) is 0.273. The van der Waals surface area contributed by atoms with Crippen molar-refractivity contribution >= 4 is 10.8 Å². The van der Waals surface area contributed by atoms with E-state index in [1.54, 1.807) is 0 Å². The van der Waals surface area contributed by atoms with E-state index < -0.39 is 0 Å². The molecule has 124 valence electrons. The predicted molar refractivity (Wildman–Crippen MR) is 103 cm³/mol. The van der Waals surface area contributed by atoms with Gasteiger partial charge < -0.3 is 11.1 Å². The first-order valence-electron chi connectivity index (χ1n) is 8.74. The fourth-order valence-corrected chi connectivity index (χ4v) is 3.14. The average molecular weight is 318 g/mol. The second-order valence-corrected chi connectivity index (χ2v) is 6.48. The smallest absolute Gasteiger partial charge is 0.0292 e. The molecule has 3 N–H and O–H groups in total. The molecule has 3 aromatic carbocycles. The van der Waals surface area contributed by atoms with E-state index in [0.29, 0.717) is 6.04 Å². The predicted octanol–water partition coefficient (Wildman–Crippen LogP) is 4.45. The summed E-state index contributed by atoms with van der Waals surface area (Å²) in [5, 5.41) is 6.20. The number of aryl methyl sites for hydroxylation is 1. The van der Waals surface area contributed by atoms with Crippen molar-refractivity contribution in [1.82, 2.24) is 5.32 Å². The van der Waals surface area contributed by atoms with E-state index in [1.165, 1.54) is 21.9 Å². The summed E-state index contributed by atoms with van der Waals surface area (Å²) in [5.74, 6) is 0. The van der Waals surface area contributed by atoms with Crippen LogP contribution in [0.5, 0.6) is 0 Å². The first-order valence-corrected chi connectivity index (χ1v) is 8.74. The van der Waals surface area contributed by atoms with Gasteiger partial charge in [0.05, 0.1) is 0 Å². The highest BCUT2D eigenvalue weighted by Crippen LogP contribution is 2.20. The SMILES string of the molecule is C[C@@H](NC[C@H](N)CCc1cccc2ccccc12)c1ccccc1. The Kier molecular flexibility index (Phi) is 5.63. The minimum Gasteiger partial charge on any atom is -0.327 e. The molecule has 0 bridgehead atoms. The van der Waals surface area contributed by atoms with Gasteiger partial charge >= 0.3 is 0 Å². The van der Waals surface area contributed by atoms with Gasteiger partial charge in [-0.15, -0.1) is 0 Å². The van der Waals surface area contributed by atoms with Gasteiger partial charge in [-0.2, -0.15) is 0 Å². The van der Waals surface area contributed by atoms with Crippen LogP contribution in [0, 0.1) is 0 Å². The standard InChI is InChI=1S/C22H26N2/c1-17(18-8-3-2-4-9-18)24-16-21(23)15-14-20-12-7-11-19-10-5-6-13-22(19)20/h2-13,17,21,24H,14-16,23H2,1H3/t17-,21-/m1/s1. The topological polar surface area (TPSA) is 38.0 Å². The van der Waals surface area contributed by atoms with Crippen LogP contribution >= 0.6 is 0 Å². The Morgan fingerprint density at radius 3 is 2.42 bits per heavy atom. The van der Waals surface area contributed by atoms with E-state index >= 15 is 0 Å². The van der Waals surface area contributed by atoms with Gasteiger partial charge in [0.25, 0.3) is 0 Å². The molecule has 0 radical (unpaired) electrons. The monoisotopic (exact) mass is 318 g/mol. The number of fused-ring (bicyclic) bond motifs is 1. The Labute approximate surface area is 144 Å². The molecule has 0 unspecified atom stereocenters. The molecule has 0 fully saturated rings. The Hall–Kier alpha value is -2.16. The molecule has 3 aromatic rings. The lowest BCUT2D eigenvalue weighted by atomic mass is 9.99. The summed E-state index contributed by atoms with van der Waals surface area (Å²) in [4.78, 5) is 0. The van der Waals surface area contributed by atoms with Crippen molar-refractivity contribution in [3.8, 4) is 0 Å². The fourth-order valence-electron chi connectivity index (χ4n) is 3.14. The van der Waals surface area contributed by atoms with Crippen LogP contribution in [0.3, 0.4) is 0 Å². The maximum Gasteiger partial charge on any atom is 0.0292 e. The summed E-state index contributed by atoms with van der Waals surface area (Å²) in [5.41, 5.74) is 9.02. The van der Waals surface area contributed by atoms with Crippen LogP contribution in [0.15, 0.2) is 72.8 Å². The van der Waals surface area contributed by atoms with Crippen LogP contribution in [-0.2, 0) is 6.42 Å². The third-order valence-corrected chi connectivity index (χ3v) is 4.65. The number of nitrogens with two attached hydrogens (primary N) is 1. The first kappa shape index (κ1) is 16.7. The zero-order chi connectivity index (χ0) is 16.8. The van der Waals surface area contributed by atoms with Crippen molar-refractivity contribution in [3.63, 3.8) is 0 Å². The maximum absolute atomic E-state index is 6.33. The molecule has 2 heteroatoms. The summed E-state index contributed by atoms with van der Waals surface area (Å²) in [6.45, 7) is 3.02. The van der Waals surface area contributed by atoms with Crippen LogP contribution in [0.4, 0.5) is 0 Å². The summed E-state index contributed by atoms with van der Waals surface area (Å²) in [6, 6.07) is 26.1. The summed E-state index contributed by atoms with van der Waals surface area (Å²) >= 11 is 0. The lowest BCUT2D eigenvalue weighted by Gasteiger charge is -2.18. The molecule has 0 heterocycles. The first-order chi connectivity index (χ1) is 11.7. The van der Waals surface area contributed by atoms with E-state index in [9.17, 15) is 0 Å². The third-order valence-electron chi connectivity index (χ3n) is 4.65. The Morgan fingerprint density at radius 2 is 1.58 bits per heavy atom. The number of hydrogen-bond acceptors (Lipinski definition) is 2. The second-order valence-electron chi connectivity index (χ2n) is 6.48. The van der Waals surface area contributed by atoms with Crippen LogP contribution in [0.2, 0.25) is 0 Å². The maximum atomic E-state index is 6.33. The molecule has 0 aromatic heterocycles. The minimum atomic E-state index is 0.162. The molecule has 0 aliphatic rings. The van der Waals surface area contributed by atoms with Crippen molar-refractivity contribution in [3.05, 3.63) is 83.9 Å². The highest BCUT2D eigenvalue weighted by atomic mass is 14.9. The van der Waals surface area contributed by atoms with E-state index in [4.69, 9.17) is 5.73 Å². The third kappa shape index (κ3) is 4.22. The normalized spacial score (nSPS) is 13.8. The van der Waals surface area contributed by atoms with Gasteiger partial charge in [-0.1, -0.05) is 72.8 Å². The molecule has 2 atom stereocenters. The van der Waals surface area contributed by atoms with E-state index in [0.717, 1.165) is 19.4 Å². The Morgan fingerprint density at radius 1 is 0.875 bits per heavy atom. The lowest BCUT2D eigenvalue weighted by Crippen LogP contribution is -2.35. The van der Waals surface area contributed by atoms with Gasteiger partial charge in [0.15, 0.2) is 0 Å². The molecule has 0 saturated heterocycles. The quantitative estimate of drug-likeness (QED) is 0.675. The molecule has 24 heavy (non-hydrogen) atoms. The van der Waals surface area contributed by atoms with E-state index in [-0.39, 0.29) is 6.04 Å². The van der Waals surface area contributed by atoms with Crippen LogP contribution in [-0.4, -0.2) is 12.6 Å². The number of benzene rings is 3. The molecular weight excluding hydrogens is 292 g/mol. The van der Waals surface area contributed by atoms with Crippen LogP contribution < -0.4 is 11.1 Å². The summed E-state index contributed by atoms with van der Waals surface area (Å²) < 4.78 is 0. The molecule has 0 aliphatic heterocycles. The highest BCUT2D eigenvalue weighted by Gasteiger charge is 2.09. The lowest BCUT2D eigenvalue weighted by molar-refractivity contribution is 0.497. The van der Waals surface area contributed by atoms with Gasteiger partial charge in [-0.25, -0.2) is 0 Å². The number of hydrogen-bond donors (Lipinski definition) is 2. The molecule has 3 rings (SSSR count). The highest BCUT2D eigenvalue weighted by molar-refractivity contribution is 5.85. The van der Waals surface area contributed by atoms with Crippen molar-refractivity contribution in [2.45, 2.75) is 31.8 Å². The van der Waals surface area contributed by atoms with Gasteiger partial charge in [0, 0.05) is 18.6 Å². The molecule has 0 aliphatic carbocycles. The minimum absolute atomic E-state index is 0.162. The molecule has 0 saturated carbocycles. The number of rotatable bonds is 7. The van der Waals surface area contributed by atoms with E-state index in [2.05, 4.69) is 79.0 Å². The molecule has 0 spiro atoms. The van der Waals surface area contributed by atoms with Gasteiger partial charge in [-0.3, -0.25) is 0 Å².